The molecule has 0 bridgehead atoms. The first-order valence-corrected chi connectivity index (χ1v) is 10.7. The van der Waals surface area contributed by atoms with Crippen LogP contribution in [0, 0.1) is 0 Å². The fourth-order valence-corrected chi connectivity index (χ4v) is 4.12. The molecule has 0 N–H and O–H groups in total. The number of carbonyl (C=O) groups excluding carboxylic acids is 2. The van der Waals surface area contributed by atoms with Crippen molar-refractivity contribution in [3.05, 3.63) is 107 Å². The second-order valence-corrected chi connectivity index (χ2v) is 8.86. The Morgan fingerprint density at radius 3 is 2.12 bits per heavy atom. The molecule has 1 atom stereocenters. The second kappa shape index (κ2) is 8.50. The van der Waals surface area contributed by atoms with Crippen molar-refractivity contribution in [2.24, 2.45) is 0 Å². The lowest BCUT2D eigenvalue weighted by atomic mass is 9.82. The maximum atomic E-state index is 13.9. The molecule has 3 aromatic rings. The Hall–Kier alpha value is -3.60. The van der Waals surface area contributed by atoms with Gasteiger partial charge in [-0.25, -0.2) is 9.59 Å². The van der Waals surface area contributed by atoms with Gasteiger partial charge in [0.25, 0.3) is 0 Å². The number of amides is 1. The molecular formula is C27H27NO4. The summed E-state index contributed by atoms with van der Waals surface area (Å²) in [6.07, 6.45) is -0.570. The molecule has 164 valence electrons. The molecular weight excluding hydrogens is 402 g/mol. The highest BCUT2D eigenvalue weighted by molar-refractivity contribution is 5.93. The fraction of sp³-hybridized carbons (Fsp3) is 0.259. The summed E-state index contributed by atoms with van der Waals surface area (Å²) in [7, 11) is 0. The van der Waals surface area contributed by atoms with Gasteiger partial charge in [0.1, 0.15) is 12.2 Å². The Balaban J connectivity index is 1.80. The summed E-state index contributed by atoms with van der Waals surface area (Å²) in [5.41, 5.74) is 1.00. The molecule has 0 aliphatic carbocycles. The monoisotopic (exact) mass is 429 g/mol. The third-order valence-electron chi connectivity index (χ3n) is 5.45. The summed E-state index contributed by atoms with van der Waals surface area (Å²) in [5, 5.41) is 0. The zero-order chi connectivity index (χ0) is 22.8. The molecule has 0 saturated carbocycles. The van der Waals surface area contributed by atoms with Gasteiger partial charge >= 0.3 is 12.1 Å². The number of benzene rings is 3. The van der Waals surface area contributed by atoms with Crippen molar-refractivity contribution in [2.45, 2.75) is 45.1 Å². The molecule has 3 aromatic carbocycles. The average molecular weight is 430 g/mol. The normalized spacial score (nSPS) is 17.5. The Labute approximate surface area is 188 Å². The van der Waals surface area contributed by atoms with E-state index in [2.05, 4.69) is 0 Å². The average Bonchev–Trinajstić information content (AvgIpc) is 3.14. The van der Waals surface area contributed by atoms with Crippen LogP contribution in [-0.4, -0.2) is 22.6 Å². The van der Waals surface area contributed by atoms with Gasteiger partial charge in [0, 0.05) is 0 Å². The van der Waals surface area contributed by atoms with E-state index in [4.69, 9.17) is 9.47 Å². The summed E-state index contributed by atoms with van der Waals surface area (Å²) in [6, 6.07) is 26.4. The molecule has 5 heteroatoms. The first-order valence-electron chi connectivity index (χ1n) is 10.7. The maximum absolute atomic E-state index is 13.9. The standard InChI is InChI=1S/C27H27NO4/c1-26(2,3)32-24(29)27(22-15-8-5-9-16-22)23-17-11-10-14-21(23)18-28(27)25(30)31-19-20-12-6-4-7-13-20/h4-17H,18-19H2,1-3H3/t27-/m0/s1. The maximum Gasteiger partial charge on any atom is 0.411 e. The molecule has 0 radical (unpaired) electrons. The molecule has 1 amide bonds. The number of fused-ring (bicyclic) bond motifs is 1. The van der Waals surface area contributed by atoms with E-state index in [1.54, 1.807) is 0 Å². The quantitative estimate of drug-likeness (QED) is 0.520. The number of hydrogen-bond donors (Lipinski definition) is 0. The summed E-state index contributed by atoms with van der Waals surface area (Å²) in [5.74, 6) is -0.502. The largest absolute Gasteiger partial charge is 0.458 e. The number of nitrogens with zero attached hydrogens (tertiary/aromatic N) is 1. The van der Waals surface area contributed by atoms with Gasteiger partial charge in [-0.05, 0) is 43.0 Å². The lowest BCUT2D eigenvalue weighted by Gasteiger charge is -2.38. The van der Waals surface area contributed by atoms with E-state index in [0.717, 1.165) is 16.7 Å². The Morgan fingerprint density at radius 2 is 1.47 bits per heavy atom. The van der Waals surface area contributed by atoms with E-state index in [0.29, 0.717) is 5.56 Å². The number of rotatable bonds is 4. The van der Waals surface area contributed by atoms with Crippen molar-refractivity contribution >= 4 is 12.1 Å². The van der Waals surface area contributed by atoms with Crippen LogP contribution < -0.4 is 0 Å². The van der Waals surface area contributed by atoms with Gasteiger partial charge in [0.2, 0.25) is 0 Å². The number of carbonyl (C=O) groups is 2. The Kier molecular flexibility index (Phi) is 5.74. The van der Waals surface area contributed by atoms with Crippen LogP contribution in [0.3, 0.4) is 0 Å². The Morgan fingerprint density at radius 1 is 0.875 bits per heavy atom. The van der Waals surface area contributed by atoms with Crippen LogP contribution in [0.15, 0.2) is 84.9 Å². The van der Waals surface area contributed by atoms with E-state index in [-0.39, 0.29) is 13.2 Å². The van der Waals surface area contributed by atoms with Gasteiger partial charge in [-0.3, -0.25) is 4.90 Å². The van der Waals surface area contributed by atoms with Crippen LogP contribution in [0.4, 0.5) is 4.79 Å². The smallest absolute Gasteiger partial charge is 0.411 e. The van der Waals surface area contributed by atoms with E-state index in [1.165, 1.54) is 4.90 Å². The molecule has 1 aliphatic rings. The SMILES string of the molecule is CC(C)(C)OC(=O)[C@]1(c2ccccc2)c2ccccc2CN1C(=O)OCc1ccccc1. The minimum absolute atomic E-state index is 0.117. The van der Waals surface area contributed by atoms with E-state index < -0.39 is 23.2 Å². The number of hydrogen-bond acceptors (Lipinski definition) is 4. The molecule has 1 aliphatic heterocycles. The van der Waals surface area contributed by atoms with Gasteiger partial charge < -0.3 is 9.47 Å². The van der Waals surface area contributed by atoms with Gasteiger partial charge in [0.15, 0.2) is 5.54 Å². The highest BCUT2D eigenvalue weighted by Crippen LogP contribution is 2.46. The van der Waals surface area contributed by atoms with Gasteiger partial charge in [-0.1, -0.05) is 84.9 Å². The zero-order valence-electron chi connectivity index (χ0n) is 18.6. The van der Waals surface area contributed by atoms with Crippen molar-refractivity contribution in [3.8, 4) is 0 Å². The predicted octanol–water partition coefficient (Wildman–Crippen LogP) is 5.42. The summed E-state index contributed by atoms with van der Waals surface area (Å²) >= 11 is 0. The van der Waals surface area contributed by atoms with Gasteiger partial charge in [-0.15, -0.1) is 0 Å². The van der Waals surface area contributed by atoms with Gasteiger partial charge in [-0.2, -0.15) is 0 Å². The van der Waals surface area contributed by atoms with Crippen LogP contribution >= 0.6 is 0 Å². The first-order chi connectivity index (χ1) is 15.3. The van der Waals surface area contributed by atoms with Crippen molar-refractivity contribution in [1.29, 1.82) is 0 Å². The predicted molar refractivity (Wildman–Crippen MR) is 122 cm³/mol. The van der Waals surface area contributed by atoms with Crippen LogP contribution in [-0.2, 0) is 33.0 Å². The minimum Gasteiger partial charge on any atom is -0.458 e. The van der Waals surface area contributed by atoms with Crippen molar-refractivity contribution in [3.63, 3.8) is 0 Å². The molecule has 0 saturated heterocycles. The minimum atomic E-state index is -1.43. The lowest BCUT2D eigenvalue weighted by molar-refractivity contribution is -0.166. The van der Waals surface area contributed by atoms with Gasteiger partial charge in [0.05, 0.1) is 6.54 Å². The lowest BCUT2D eigenvalue weighted by Crippen LogP contribution is -2.53. The van der Waals surface area contributed by atoms with Crippen LogP contribution in [0.1, 0.15) is 43.0 Å². The first kappa shape index (κ1) is 21.6. The molecule has 0 aromatic heterocycles. The summed E-state index contributed by atoms with van der Waals surface area (Å²) < 4.78 is 11.6. The number of esters is 1. The second-order valence-electron chi connectivity index (χ2n) is 8.86. The third-order valence-corrected chi connectivity index (χ3v) is 5.45. The van der Waals surface area contributed by atoms with E-state index >= 15 is 0 Å². The van der Waals surface area contributed by atoms with E-state index in [9.17, 15) is 9.59 Å². The molecule has 32 heavy (non-hydrogen) atoms. The molecule has 0 fully saturated rings. The molecule has 1 heterocycles. The summed E-state index contributed by atoms with van der Waals surface area (Å²) in [4.78, 5) is 28.8. The van der Waals surface area contributed by atoms with Crippen molar-refractivity contribution < 1.29 is 19.1 Å². The highest BCUT2D eigenvalue weighted by Gasteiger charge is 2.57. The van der Waals surface area contributed by atoms with Crippen LogP contribution in [0.5, 0.6) is 0 Å². The molecule has 0 unspecified atom stereocenters. The molecule has 5 nitrogen and oxygen atoms in total. The van der Waals surface area contributed by atoms with Crippen LogP contribution in [0.2, 0.25) is 0 Å². The third kappa shape index (κ3) is 3.98. The van der Waals surface area contributed by atoms with Crippen LogP contribution in [0.25, 0.3) is 0 Å². The fourth-order valence-electron chi connectivity index (χ4n) is 4.12. The van der Waals surface area contributed by atoms with Crippen molar-refractivity contribution in [1.82, 2.24) is 4.90 Å². The highest BCUT2D eigenvalue weighted by atomic mass is 16.6. The Bertz CT molecular complexity index is 1110. The topological polar surface area (TPSA) is 55.8 Å². The van der Waals surface area contributed by atoms with Crippen molar-refractivity contribution in [2.75, 3.05) is 0 Å². The van der Waals surface area contributed by atoms with E-state index in [1.807, 2.05) is 106 Å². The summed E-state index contributed by atoms with van der Waals surface area (Å²) in [6.45, 7) is 5.83. The molecule has 0 spiro atoms. The number of ether oxygens (including phenoxy) is 2. The zero-order valence-corrected chi connectivity index (χ0v) is 18.6. The molecule has 4 rings (SSSR count).